The largest absolute Gasteiger partial charge is 1.00 e. The predicted molar refractivity (Wildman–Crippen MR) is 87.3 cm³/mol. The van der Waals surface area contributed by atoms with Crippen LogP contribution in [0.1, 0.15) is 65.6 Å². The molecule has 2 aliphatic rings. The molecule has 0 amide bonds. The first-order chi connectivity index (χ1) is 11.2. The van der Waals surface area contributed by atoms with Crippen LogP contribution in [0.3, 0.4) is 0 Å². The average Bonchev–Trinajstić information content (AvgIpc) is 2.52. The van der Waals surface area contributed by atoms with E-state index in [9.17, 15) is 32.8 Å². The average molecular weight is 386 g/mol. The van der Waals surface area contributed by atoms with Gasteiger partial charge in [-0.2, -0.15) is 8.42 Å². The number of carboxylic acid groups (broad SMARTS) is 2. The molecule has 2 atom stereocenters. The fourth-order valence-electron chi connectivity index (χ4n) is 4.78. The molecule has 3 N–H and O–H groups in total. The van der Waals surface area contributed by atoms with Crippen LogP contribution >= 0.6 is 0 Å². The van der Waals surface area contributed by atoms with E-state index in [1.54, 1.807) is 0 Å². The second-order valence-electron chi connectivity index (χ2n) is 7.12. The minimum Gasteiger partial charge on any atom is -1.00 e. The van der Waals surface area contributed by atoms with Crippen molar-refractivity contribution in [1.29, 1.82) is 0 Å². The number of aliphatic carboxylic acids is 2. The van der Waals surface area contributed by atoms with Crippen LogP contribution in [-0.2, 0) is 19.7 Å². The topological polar surface area (TPSA) is 129 Å². The molecule has 2 rings (SSSR count). The van der Waals surface area contributed by atoms with Crippen LogP contribution in [0.2, 0.25) is 0 Å². The van der Waals surface area contributed by atoms with Gasteiger partial charge in [0.05, 0.1) is 5.92 Å². The molecule has 2 saturated carbocycles. The molecule has 2 unspecified atom stereocenters. The van der Waals surface area contributed by atoms with Crippen LogP contribution in [0.5, 0.6) is 0 Å². The Bertz CT molecular complexity index is 585. The second-order valence-corrected chi connectivity index (χ2v) is 8.75. The SMILES string of the molecule is O=C(O)C(C1CCCCC1)C(C(=O)O)(C1CCCCC1)S(=O)(=O)O.[H-].[Na+]. The van der Waals surface area contributed by atoms with Crippen LogP contribution in [0.15, 0.2) is 0 Å². The Morgan fingerprint density at radius 3 is 1.72 bits per heavy atom. The van der Waals surface area contributed by atoms with Crippen molar-refractivity contribution < 1.29 is 63.8 Å². The molecule has 2 aliphatic carbocycles. The Labute approximate surface area is 172 Å². The van der Waals surface area contributed by atoms with Crippen molar-refractivity contribution in [1.82, 2.24) is 0 Å². The molecule has 0 spiro atoms. The molecule has 7 nitrogen and oxygen atoms in total. The molecule has 25 heavy (non-hydrogen) atoms. The quantitative estimate of drug-likeness (QED) is 0.421. The normalized spacial score (nSPS) is 23.9. The molecule has 0 heterocycles. The van der Waals surface area contributed by atoms with Crippen LogP contribution in [0, 0.1) is 17.8 Å². The fraction of sp³-hybridized carbons (Fsp3) is 0.875. The molecule has 0 radical (unpaired) electrons. The Morgan fingerprint density at radius 1 is 0.920 bits per heavy atom. The van der Waals surface area contributed by atoms with Gasteiger partial charge in [0.2, 0.25) is 4.75 Å². The zero-order chi connectivity index (χ0) is 18.0. The smallest absolute Gasteiger partial charge is 1.00 e. The monoisotopic (exact) mass is 386 g/mol. The maximum atomic E-state index is 12.3. The van der Waals surface area contributed by atoms with Crippen LogP contribution < -0.4 is 29.6 Å². The van der Waals surface area contributed by atoms with Crippen molar-refractivity contribution in [2.45, 2.75) is 69.0 Å². The summed E-state index contributed by atoms with van der Waals surface area (Å²) in [5, 5.41) is 19.6. The third-order valence-corrected chi connectivity index (χ3v) is 7.44. The third-order valence-electron chi connectivity index (χ3n) is 5.82. The first-order valence-electron chi connectivity index (χ1n) is 8.66. The van der Waals surface area contributed by atoms with Gasteiger partial charge in [-0.25, -0.2) is 0 Å². The van der Waals surface area contributed by atoms with Gasteiger partial charge in [0.1, 0.15) is 0 Å². The minimum atomic E-state index is -5.10. The molecule has 0 saturated heterocycles. The van der Waals surface area contributed by atoms with E-state index in [1.807, 2.05) is 0 Å². The van der Waals surface area contributed by atoms with Crippen molar-refractivity contribution in [2.75, 3.05) is 0 Å². The van der Waals surface area contributed by atoms with Gasteiger partial charge in [-0.05, 0) is 37.5 Å². The number of hydrogen-bond acceptors (Lipinski definition) is 4. The van der Waals surface area contributed by atoms with E-state index in [-0.39, 0.29) is 31.0 Å². The van der Waals surface area contributed by atoms with Crippen LogP contribution in [0.4, 0.5) is 0 Å². The molecule has 0 aliphatic heterocycles. The summed E-state index contributed by atoms with van der Waals surface area (Å²) >= 11 is 0. The van der Waals surface area contributed by atoms with Gasteiger partial charge >= 0.3 is 41.5 Å². The summed E-state index contributed by atoms with van der Waals surface area (Å²) in [4.78, 5) is 24.2. The van der Waals surface area contributed by atoms with E-state index in [4.69, 9.17) is 0 Å². The summed E-state index contributed by atoms with van der Waals surface area (Å²) in [6.45, 7) is 0. The first-order valence-corrected chi connectivity index (χ1v) is 10.1. The van der Waals surface area contributed by atoms with Gasteiger partial charge in [0, 0.05) is 0 Å². The Morgan fingerprint density at radius 2 is 1.36 bits per heavy atom. The van der Waals surface area contributed by atoms with Gasteiger partial charge < -0.3 is 11.6 Å². The molecule has 0 bridgehead atoms. The summed E-state index contributed by atoms with van der Waals surface area (Å²) in [7, 11) is -5.10. The molecule has 2 fully saturated rings. The molecule has 0 aromatic carbocycles. The number of hydrogen-bond donors (Lipinski definition) is 3. The van der Waals surface area contributed by atoms with Crippen molar-refractivity contribution in [2.24, 2.45) is 17.8 Å². The van der Waals surface area contributed by atoms with Crippen molar-refractivity contribution in [3.8, 4) is 0 Å². The second kappa shape index (κ2) is 9.17. The minimum absolute atomic E-state index is 0. The molecular weight excluding hydrogens is 359 g/mol. The molecular formula is C16H27NaO7S. The Kier molecular flexibility index (Phi) is 8.40. The van der Waals surface area contributed by atoms with Gasteiger partial charge in [-0.3, -0.25) is 14.1 Å². The Hall–Kier alpha value is -0.150. The molecule has 0 aromatic rings. The van der Waals surface area contributed by atoms with Gasteiger partial charge in [0.25, 0.3) is 10.1 Å². The first kappa shape index (κ1) is 22.9. The fourth-order valence-corrected chi connectivity index (χ4v) is 6.27. The van der Waals surface area contributed by atoms with Gasteiger partial charge in [0.15, 0.2) is 0 Å². The predicted octanol–water partition coefficient (Wildman–Crippen LogP) is -0.324. The summed E-state index contributed by atoms with van der Waals surface area (Å²) in [5.41, 5.74) is 0. The summed E-state index contributed by atoms with van der Waals surface area (Å²) in [6, 6.07) is 0. The number of rotatable bonds is 6. The van der Waals surface area contributed by atoms with Crippen molar-refractivity contribution >= 4 is 22.1 Å². The Balaban J connectivity index is 0.00000312. The maximum absolute atomic E-state index is 12.3. The number of carboxylic acids is 2. The van der Waals surface area contributed by atoms with Crippen molar-refractivity contribution in [3.63, 3.8) is 0 Å². The summed E-state index contributed by atoms with van der Waals surface area (Å²) in [6.07, 6.45) is 6.16. The number of carbonyl (C=O) groups is 2. The van der Waals surface area contributed by atoms with Crippen LogP contribution in [-0.4, -0.2) is 39.9 Å². The molecule has 140 valence electrons. The molecule has 0 aromatic heterocycles. The maximum Gasteiger partial charge on any atom is 1.00 e. The van der Waals surface area contributed by atoms with Gasteiger partial charge in [-0.15, -0.1) is 0 Å². The summed E-state index contributed by atoms with van der Waals surface area (Å²) < 4.78 is 31.9. The standard InChI is InChI=1S/C16H26O7S.Na.H/c17-14(18)13(11-7-3-1-4-8-11)16(15(19)20,24(21,22)23)12-9-5-2-6-10-12;;/h11-13H,1-10H2,(H,17,18)(H,19,20)(H,21,22,23);;/q;+1;-1. The third kappa shape index (κ3) is 4.40. The van der Waals surface area contributed by atoms with Crippen molar-refractivity contribution in [3.05, 3.63) is 0 Å². The zero-order valence-corrected chi connectivity index (χ0v) is 17.5. The van der Waals surface area contributed by atoms with E-state index in [0.717, 1.165) is 25.7 Å². The van der Waals surface area contributed by atoms with E-state index in [2.05, 4.69) is 0 Å². The van der Waals surface area contributed by atoms with Crippen LogP contribution in [0.25, 0.3) is 0 Å². The molecule has 9 heteroatoms. The van der Waals surface area contributed by atoms with E-state index in [1.165, 1.54) is 0 Å². The van der Waals surface area contributed by atoms with Gasteiger partial charge in [-0.1, -0.05) is 38.5 Å². The van der Waals surface area contributed by atoms with E-state index < -0.39 is 44.6 Å². The van der Waals surface area contributed by atoms with E-state index in [0.29, 0.717) is 38.5 Å². The summed E-state index contributed by atoms with van der Waals surface area (Å²) in [5.74, 6) is -6.20. The zero-order valence-electron chi connectivity index (χ0n) is 15.7. The van der Waals surface area contributed by atoms with E-state index >= 15 is 0 Å².